The smallest absolute Gasteiger partial charge is 0.305 e. The van der Waals surface area contributed by atoms with Gasteiger partial charge in [-0.15, -0.1) is 11.3 Å². The maximum atomic E-state index is 12.7. The summed E-state index contributed by atoms with van der Waals surface area (Å²) in [6.45, 7) is 2.11. The summed E-state index contributed by atoms with van der Waals surface area (Å²) in [4.78, 5) is 24.6. The molecule has 0 bridgehead atoms. The molecule has 0 aliphatic carbocycles. The first-order valence-electron chi connectivity index (χ1n) is 10.1. The fourth-order valence-electron chi connectivity index (χ4n) is 3.14. The first-order chi connectivity index (χ1) is 14.0. The number of ether oxygens (including phenoxy) is 1. The first kappa shape index (κ1) is 23.3. The van der Waals surface area contributed by atoms with E-state index in [0.29, 0.717) is 17.7 Å². The molecule has 0 amide bonds. The molecule has 29 heavy (non-hydrogen) atoms. The number of Topliss-reactive ketones (excluding diaryl/α,β-unsaturated/α-hetero) is 1. The maximum Gasteiger partial charge on any atom is 0.305 e. The average molecular weight is 419 g/mol. The number of fused-ring (bicyclic) bond motifs is 1. The Morgan fingerprint density at radius 2 is 1.90 bits per heavy atom. The molecule has 0 saturated carbocycles. The van der Waals surface area contributed by atoms with Crippen molar-refractivity contribution in [2.24, 2.45) is 0 Å². The van der Waals surface area contributed by atoms with Crippen molar-refractivity contribution in [1.29, 1.82) is 0 Å². The number of rotatable bonds is 12. The molecular formula is C23H30O5S. The number of ketones is 1. The maximum absolute atomic E-state index is 12.7. The van der Waals surface area contributed by atoms with E-state index in [2.05, 4.69) is 11.7 Å². The topological polar surface area (TPSA) is 83.8 Å². The van der Waals surface area contributed by atoms with Crippen molar-refractivity contribution in [3.63, 3.8) is 0 Å². The van der Waals surface area contributed by atoms with Crippen LogP contribution in [0.1, 0.15) is 67.1 Å². The highest BCUT2D eigenvalue weighted by molar-refractivity contribution is 7.21. The molecule has 0 fully saturated rings. The number of unbranched alkanes of at least 4 members (excludes halogenated alkanes) is 2. The zero-order valence-electron chi connectivity index (χ0n) is 17.1. The molecule has 0 saturated heterocycles. The Labute approximate surface area is 176 Å². The Morgan fingerprint density at radius 1 is 1.14 bits per heavy atom. The van der Waals surface area contributed by atoms with E-state index in [0.717, 1.165) is 34.9 Å². The van der Waals surface area contributed by atoms with Crippen LogP contribution in [0.2, 0.25) is 0 Å². The number of methoxy groups -OCH3 is 1. The van der Waals surface area contributed by atoms with E-state index in [9.17, 15) is 19.8 Å². The Balaban J connectivity index is 2.13. The molecule has 1 aromatic heterocycles. The van der Waals surface area contributed by atoms with Crippen molar-refractivity contribution in [2.45, 2.75) is 64.1 Å². The van der Waals surface area contributed by atoms with E-state index in [4.69, 9.17) is 0 Å². The summed E-state index contributed by atoms with van der Waals surface area (Å²) in [6, 6.07) is 7.82. The van der Waals surface area contributed by atoms with Gasteiger partial charge in [-0.1, -0.05) is 50.1 Å². The highest BCUT2D eigenvalue weighted by Gasteiger charge is 2.18. The molecule has 0 spiro atoms. The predicted molar refractivity (Wildman–Crippen MR) is 117 cm³/mol. The van der Waals surface area contributed by atoms with Crippen molar-refractivity contribution in [1.82, 2.24) is 0 Å². The number of aliphatic hydroxyl groups is 2. The molecule has 0 aliphatic rings. The monoisotopic (exact) mass is 418 g/mol. The van der Waals surface area contributed by atoms with Gasteiger partial charge in [0.1, 0.15) is 0 Å². The molecule has 2 aromatic rings. The number of carbonyl (C=O) groups is 2. The van der Waals surface area contributed by atoms with Gasteiger partial charge in [0.2, 0.25) is 0 Å². The van der Waals surface area contributed by atoms with Crippen LogP contribution in [0.3, 0.4) is 0 Å². The Hall–Kier alpha value is -2.02. The van der Waals surface area contributed by atoms with Crippen LogP contribution in [0.25, 0.3) is 16.2 Å². The SMILES string of the molecule is CCCCCC(=O)c1sc2ccccc2c1/C=C/[C@@H](O)[C@@H](O)CCCC(=O)OC. The van der Waals surface area contributed by atoms with E-state index in [1.807, 2.05) is 24.3 Å². The number of hydrogen-bond acceptors (Lipinski definition) is 6. The molecule has 0 unspecified atom stereocenters. The van der Waals surface area contributed by atoms with Gasteiger partial charge < -0.3 is 14.9 Å². The van der Waals surface area contributed by atoms with Crippen molar-refractivity contribution in [3.8, 4) is 0 Å². The van der Waals surface area contributed by atoms with Crippen molar-refractivity contribution in [3.05, 3.63) is 40.8 Å². The zero-order valence-corrected chi connectivity index (χ0v) is 17.9. The van der Waals surface area contributed by atoms with E-state index >= 15 is 0 Å². The molecular weight excluding hydrogens is 388 g/mol. The largest absolute Gasteiger partial charge is 0.469 e. The Morgan fingerprint density at radius 3 is 2.62 bits per heavy atom. The Bertz CT molecular complexity index is 839. The average Bonchev–Trinajstić information content (AvgIpc) is 3.10. The highest BCUT2D eigenvalue weighted by atomic mass is 32.1. The summed E-state index contributed by atoms with van der Waals surface area (Å²) < 4.78 is 5.60. The number of aliphatic hydroxyl groups excluding tert-OH is 2. The van der Waals surface area contributed by atoms with Crippen LogP contribution in [0.4, 0.5) is 0 Å². The molecule has 2 N–H and O–H groups in total. The molecule has 0 radical (unpaired) electrons. The molecule has 5 nitrogen and oxygen atoms in total. The third-order valence-corrected chi connectivity index (χ3v) is 6.08. The number of benzene rings is 1. The third kappa shape index (κ3) is 6.77. The minimum absolute atomic E-state index is 0.118. The summed E-state index contributed by atoms with van der Waals surface area (Å²) in [6.07, 6.45) is 5.60. The second-order valence-corrected chi connectivity index (χ2v) is 8.16. The number of thiophene rings is 1. The quantitative estimate of drug-likeness (QED) is 0.295. The van der Waals surface area contributed by atoms with E-state index in [-0.39, 0.29) is 24.6 Å². The van der Waals surface area contributed by atoms with Gasteiger partial charge >= 0.3 is 5.97 Å². The van der Waals surface area contributed by atoms with E-state index in [1.165, 1.54) is 24.5 Å². The molecule has 6 heteroatoms. The lowest BCUT2D eigenvalue weighted by molar-refractivity contribution is -0.140. The summed E-state index contributed by atoms with van der Waals surface area (Å²) in [7, 11) is 1.32. The normalized spacial score (nSPS) is 13.7. The molecule has 1 aromatic carbocycles. The second-order valence-electron chi connectivity index (χ2n) is 7.11. The van der Waals surface area contributed by atoms with Gasteiger partial charge in [-0.3, -0.25) is 9.59 Å². The third-order valence-electron chi connectivity index (χ3n) is 4.86. The van der Waals surface area contributed by atoms with Gasteiger partial charge in [-0.25, -0.2) is 0 Å². The van der Waals surface area contributed by atoms with Crippen LogP contribution < -0.4 is 0 Å². The summed E-state index contributed by atoms with van der Waals surface area (Å²) in [5.41, 5.74) is 0.799. The van der Waals surface area contributed by atoms with Crippen LogP contribution in [0.15, 0.2) is 30.3 Å². The molecule has 1 heterocycles. The van der Waals surface area contributed by atoms with Gasteiger partial charge in [-0.05, 0) is 25.3 Å². The minimum Gasteiger partial charge on any atom is -0.469 e. The summed E-state index contributed by atoms with van der Waals surface area (Å²) in [5, 5.41) is 21.4. The zero-order chi connectivity index (χ0) is 21.2. The highest BCUT2D eigenvalue weighted by Crippen LogP contribution is 2.33. The van der Waals surface area contributed by atoms with Crippen LogP contribution >= 0.6 is 11.3 Å². The molecule has 2 atom stereocenters. The van der Waals surface area contributed by atoms with E-state index in [1.54, 1.807) is 6.08 Å². The molecule has 2 rings (SSSR count). The van der Waals surface area contributed by atoms with Crippen molar-refractivity contribution in [2.75, 3.05) is 7.11 Å². The molecule has 158 valence electrons. The van der Waals surface area contributed by atoms with Crippen LogP contribution in [0, 0.1) is 0 Å². The fourth-order valence-corrected chi connectivity index (χ4v) is 4.30. The standard InChI is InChI=1S/C23H30O5S/c1-3-4-5-10-20(26)23-17(16-9-6-7-12-21(16)29-23)14-15-19(25)18(24)11-8-13-22(27)28-2/h6-7,9,12,14-15,18-19,24-25H,3-5,8,10-11,13H2,1-2H3/b15-14+/t18-,19+/m0/s1. The van der Waals surface area contributed by atoms with Gasteiger partial charge in [0, 0.05) is 28.5 Å². The van der Waals surface area contributed by atoms with Crippen LogP contribution in [-0.2, 0) is 9.53 Å². The van der Waals surface area contributed by atoms with Gasteiger partial charge in [-0.2, -0.15) is 0 Å². The fraction of sp³-hybridized carbons (Fsp3) is 0.478. The van der Waals surface area contributed by atoms with Crippen molar-refractivity contribution < 1.29 is 24.5 Å². The number of hydrogen-bond donors (Lipinski definition) is 2. The summed E-state index contributed by atoms with van der Waals surface area (Å²) >= 11 is 1.47. The Kier molecular flexibility index (Phi) is 9.51. The summed E-state index contributed by atoms with van der Waals surface area (Å²) in [5.74, 6) is -0.217. The first-order valence-corrected chi connectivity index (χ1v) is 11.0. The van der Waals surface area contributed by atoms with Gasteiger partial charge in [0.05, 0.1) is 24.2 Å². The number of esters is 1. The van der Waals surface area contributed by atoms with Crippen molar-refractivity contribution >= 4 is 39.3 Å². The number of carbonyl (C=O) groups excluding carboxylic acids is 2. The molecule has 0 aliphatic heterocycles. The lowest BCUT2D eigenvalue weighted by Gasteiger charge is -2.14. The van der Waals surface area contributed by atoms with Crippen LogP contribution in [-0.4, -0.2) is 41.3 Å². The van der Waals surface area contributed by atoms with Crippen LogP contribution in [0.5, 0.6) is 0 Å². The lowest BCUT2D eigenvalue weighted by atomic mass is 10.0. The van der Waals surface area contributed by atoms with Gasteiger partial charge in [0.15, 0.2) is 5.78 Å². The minimum atomic E-state index is -1.07. The second kappa shape index (κ2) is 11.9. The predicted octanol–water partition coefficient (Wildman–Crippen LogP) is 4.74. The lowest BCUT2D eigenvalue weighted by Crippen LogP contribution is -2.23. The van der Waals surface area contributed by atoms with Gasteiger partial charge in [0.25, 0.3) is 0 Å². The van der Waals surface area contributed by atoms with E-state index < -0.39 is 12.2 Å².